The number of hydrogen-bond acceptors (Lipinski definition) is 1. The maximum atomic E-state index is 11.7. The van der Waals surface area contributed by atoms with Crippen LogP contribution in [0.25, 0.3) is 0 Å². The topological polar surface area (TPSA) is 17.1 Å². The molecule has 58 valence electrons. The highest BCUT2D eigenvalue weighted by atomic mass is 19.1. The Morgan fingerprint density at radius 1 is 1.27 bits per heavy atom. The molecule has 1 aromatic carbocycles. The smallest absolute Gasteiger partial charge is 0.168 e. The van der Waals surface area contributed by atoms with Gasteiger partial charge < -0.3 is 0 Å². The first-order chi connectivity index (χ1) is 5.33. The number of carbonyl (C=O) groups excluding carboxylic acids is 1. The van der Waals surface area contributed by atoms with Gasteiger partial charge in [-0.1, -0.05) is 30.3 Å². The van der Waals surface area contributed by atoms with Crippen LogP contribution in [0.2, 0.25) is 0 Å². The molecular formula is C9H9FO. The average Bonchev–Trinajstić information content (AvgIpc) is 2.06. The number of hydrogen-bond donors (Lipinski definition) is 0. The molecule has 1 nitrogen and oxygen atoms in total. The van der Waals surface area contributed by atoms with Crippen LogP contribution in [0, 0.1) is 0 Å². The minimum atomic E-state index is -0.866. The highest BCUT2D eigenvalue weighted by Gasteiger charge is 2.00. The van der Waals surface area contributed by atoms with E-state index in [0.29, 0.717) is 0 Å². The molecule has 0 aromatic heterocycles. The van der Waals surface area contributed by atoms with Gasteiger partial charge in [0.2, 0.25) is 0 Å². The molecule has 0 unspecified atom stereocenters. The zero-order valence-electron chi connectivity index (χ0n) is 6.09. The van der Waals surface area contributed by atoms with Crippen molar-refractivity contribution in [2.45, 2.75) is 6.42 Å². The molecule has 0 saturated carbocycles. The van der Waals surface area contributed by atoms with Gasteiger partial charge in [-0.05, 0) is 5.56 Å². The van der Waals surface area contributed by atoms with Crippen molar-refractivity contribution >= 4 is 5.78 Å². The third kappa shape index (κ3) is 2.50. The van der Waals surface area contributed by atoms with E-state index in [-0.39, 0.29) is 12.2 Å². The first-order valence-electron chi connectivity index (χ1n) is 3.44. The van der Waals surface area contributed by atoms with Gasteiger partial charge in [-0.3, -0.25) is 4.79 Å². The number of Topliss-reactive ketones (excluding diaryl/α,β-unsaturated/α-hetero) is 1. The Balaban J connectivity index is 2.58. The van der Waals surface area contributed by atoms with Crippen molar-refractivity contribution in [2.24, 2.45) is 0 Å². The van der Waals surface area contributed by atoms with Crippen molar-refractivity contribution in [1.82, 2.24) is 0 Å². The van der Waals surface area contributed by atoms with Gasteiger partial charge in [0.25, 0.3) is 0 Å². The minimum absolute atomic E-state index is 0.206. The van der Waals surface area contributed by atoms with Gasteiger partial charge in [0.05, 0.1) is 0 Å². The predicted molar refractivity (Wildman–Crippen MR) is 41.1 cm³/mol. The summed E-state index contributed by atoms with van der Waals surface area (Å²) < 4.78 is 11.7. The van der Waals surface area contributed by atoms with Crippen molar-refractivity contribution in [3.63, 3.8) is 0 Å². The fraction of sp³-hybridized carbons (Fsp3) is 0.222. The summed E-state index contributed by atoms with van der Waals surface area (Å²) in [6, 6.07) is 9.16. The molecule has 0 bridgehead atoms. The number of carbonyl (C=O) groups is 1. The van der Waals surface area contributed by atoms with Crippen LogP contribution >= 0.6 is 0 Å². The quantitative estimate of drug-likeness (QED) is 0.645. The fourth-order valence-corrected chi connectivity index (χ4v) is 0.871. The predicted octanol–water partition coefficient (Wildman–Crippen LogP) is 1.77. The molecule has 0 fully saturated rings. The van der Waals surface area contributed by atoms with Crippen LogP contribution < -0.4 is 0 Å². The molecule has 0 aliphatic carbocycles. The molecule has 1 aromatic rings. The Morgan fingerprint density at radius 3 is 2.45 bits per heavy atom. The maximum absolute atomic E-state index is 11.7. The number of rotatable bonds is 3. The lowest BCUT2D eigenvalue weighted by Gasteiger charge is -1.95. The summed E-state index contributed by atoms with van der Waals surface area (Å²) in [6.07, 6.45) is 0.206. The third-order valence-electron chi connectivity index (χ3n) is 1.39. The van der Waals surface area contributed by atoms with Crippen molar-refractivity contribution in [3.05, 3.63) is 35.9 Å². The largest absolute Gasteiger partial charge is 0.296 e. The number of benzene rings is 1. The second-order valence-electron chi connectivity index (χ2n) is 2.33. The van der Waals surface area contributed by atoms with Crippen molar-refractivity contribution in [3.8, 4) is 0 Å². The highest BCUT2D eigenvalue weighted by molar-refractivity contribution is 5.81. The summed E-state index contributed by atoms with van der Waals surface area (Å²) in [5, 5.41) is 0. The molecule has 0 aliphatic rings. The molecule has 1 rings (SSSR count). The lowest BCUT2D eigenvalue weighted by atomic mass is 10.1. The number of ketones is 1. The molecule has 0 radical (unpaired) electrons. The van der Waals surface area contributed by atoms with E-state index in [2.05, 4.69) is 0 Å². The first kappa shape index (κ1) is 7.92. The zero-order chi connectivity index (χ0) is 8.10. The molecule has 0 N–H and O–H groups in total. The summed E-state index contributed by atoms with van der Waals surface area (Å²) in [5.41, 5.74) is 0.871. The molecular weight excluding hydrogens is 143 g/mol. The van der Waals surface area contributed by atoms with Crippen molar-refractivity contribution in [2.75, 3.05) is 6.67 Å². The molecule has 0 amide bonds. The Kier molecular flexibility index (Phi) is 2.78. The summed E-state index contributed by atoms with van der Waals surface area (Å²) in [7, 11) is 0. The van der Waals surface area contributed by atoms with Crippen LogP contribution in [-0.2, 0) is 11.2 Å². The van der Waals surface area contributed by atoms with E-state index in [1.165, 1.54) is 0 Å². The second kappa shape index (κ2) is 3.86. The minimum Gasteiger partial charge on any atom is -0.296 e. The molecule has 0 heterocycles. The van der Waals surface area contributed by atoms with E-state index >= 15 is 0 Å². The van der Waals surface area contributed by atoms with Gasteiger partial charge in [0, 0.05) is 6.42 Å². The Bertz CT molecular complexity index is 231. The summed E-state index contributed by atoms with van der Waals surface area (Å²) >= 11 is 0. The molecule has 0 saturated heterocycles. The standard InChI is InChI=1S/C9H9FO/c10-7-9(11)6-8-4-2-1-3-5-8/h1-5H,6-7H2. The van der Waals surface area contributed by atoms with Crippen LogP contribution in [0.5, 0.6) is 0 Å². The Morgan fingerprint density at radius 2 is 1.91 bits per heavy atom. The summed E-state index contributed by atoms with van der Waals surface area (Å²) in [4.78, 5) is 10.6. The molecule has 0 atom stereocenters. The monoisotopic (exact) mass is 152 g/mol. The van der Waals surface area contributed by atoms with E-state index in [1.54, 1.807) is 0 Å². The number of halogens is 1. The van der Waals surface area contributed by atoms with E-state index in [9.17, 15) is 9.18 Å². The Labute approximate surface area is 64.9 Å². The Hall–Kier alpha value is -1.18. The normalized spacial score (nSPS) is 9.55. The average molecular weight is 152 g/mol. The first-order valence-corrected chi connectivity index (χ1v) is 3.44. The summed E-state index contributed by atoms with van der Waals surface area (Å²) in [5.74, 6) is -0.365. The van der Waals surface area contributed by atoms with Gasteiger partial charge >= 0.3 is 0 Å². The van der Waals surface area contributed by atoms with E-state index < -0.39 is 6.67 Å². The van der Waals surface area contributed by atoms with E-state index in [1.807, 2.05) is 30.3 Å². The van der Waals surface area contributed by atoms with Crippen LogP contribution in [0.3, 0.4) is 0 Å². The fourth-order valence-electron chi connectivity index (χ4n) is 0.871. The third-order valence-corrected chi connectivity index (χ3v) is 1.39. The van der Waals surface area contributed by atoms with Gasteiger partial charge in [0.15, 0.2) is 5.78 Å². The maximum Gasteiger partial charge on any atom is 0.168 e. The second-order valence-corrected chi connectivity index (χ2v) is 2.33. The van der Waals surface area contributed by atoms with Gasteiger partial charge in [0.1, 0.15) is 6.67 Å². The van der Waals surface area contributed by atoms with Crippen molar-refractivity contribution < 1.29 is 9.18 Å². The molecule has 0 spiro atoms. The lowest BCUT2D eigenvalue weighted by molar-refractivity contribution is -0.119. The van der Waals surface area contributed by atoms with Gasteiger partial charge in [-0.15, -0.1) is 0 Å². The van der Waals surface area contributed by atoms with Crippen molar-refractivity contribution in [1.29, 1.82) is 0 Å². The SMILES string of the molecule is O=C(CF)Cc1ccccc1. The van der Waals surface area contributed by atoms with Crippen LogP contribution in [0.1, 0.15) is 5.56 Å². The van der Waals surface area contributed by atoms with E-state index in [0.717, 1.165) is 5.56 Å². The lowest BCUT2D eigenvalue weighted by Crippen LogP contribution is -2.03. The molecule has 2 heteroatoms. The van der Waals surface area contributed by atoms with Crippen LogP contribution in [0.4, 0.5) is 4.39 Å². The zero-order valence-corrected chi connectivity index (χ0v) is 6.09. The number of alkyl halides is 1. The van der Waals surface area contributed by atoms with Gasteiger partial charge in [-0.2, -0.15) is 0 Å². The van der Waals surface area contributed by atoms with Gasteiger partial charge in [-0.25, -0.2) is 4.39 Å². The summed E-state index contributed by atoms with van der Waals surface area (Å²) in [6.45, 7) is -0.866. The van der Waals surface area contributed by atoms with E-state index in [4.69, 9.17) is 0 Å². The van der Waals surface area contributed by atoms with Crippen LogP contribution in [-0.4, -0.2) is 12.5 Å². The molecule has 11 heavy (non-hydrogen) atoms. The highest BCUT2D eigenvalue weighted by Crippen LogP contribution is 1.99. The van der Waals surface area contributed by atoms with Crippen LogP contribution in [0.15, 0.2) is 30.3 Å². The molecule has 0 aliphatic heterocycles.